The van der Waals surface area contributed by atoms with Gasteiger partial charge in [-0.05, 0) is 62.6 Å². The van der Waals surface area contributed by atoms with Gasteiger partial charge in [0.2, 0.25) is 0 Å². The third kappa shape index (κ3) is 4.59. The number of ether oxygens (including phenoxy) is 1. The molecule has 0 unspecified atom stereocenters. The SMILES string of the molecule is CCCOc1ccc(C(=O)N[C@H](C)c2ccc(C)cc2C)cc1. The largest absolute Gasteiger partial charge is 0.494 e. The van der Waals surface area contributed by atoms with E-state index < -0.39 is 0 Å². The van der Waals surface area contributed by atoms with Crippen molar-refractivity contribution in [3.8, 4) is 5.75 Å². The third-order valence-corrected chi connectivity index (χ3v) is 3.83. The van der Waals surface area contributed by atoms with Crippen LogP contribution in [-0.4, -0.2) is 12.5 Å². The molecule has 3 heteroatoms. The van der Waals surface area contributed by atoms with E-state index in [2.05, 4.69) is 44.3 Å². The van der Waals surface area contributed by atoms with Gasteiger partial charge in [-0.2, -0.15) is 0 Å². The maximum Gasteiger partial charge on any atom is 0.251 e. The molecular weight excluding hydrogens is 286 g/mol. The van der Waals surface area contributed by atoms with E-state index >= 15 is 0 Å². The molecule has 1 N–H and O–H groups in total. The molecule has 0 aliphatic carbocycles. The van der Waals surface area contributed by atoms with Gasteiger partial charge in [-0.25, -0.2) is 0 Å². The number of benzene rings is 2. The number of amides is 1. The standard InChI is InChI=1S/C20H25NO2/c1-5-12-23-18-9-7-17(8-10-18)20(22)21-16(4)19-11-6-14(2)13-15(19)3/h6-11,13,16H,5,12H2,1-4H3,(H,21,22)/t16-/m1/s1. The second kappa shape index (κ2) is 7.82. The monoisotopic (exact) mass is 311 g/mol. The molecule has 23 heavy (non-hydrogen) atoms. The number of aryl methyl sites for hydroxylation is 2. The summed E-state index contributed by atoms with van der Waals surface area (Å²) >= 11 is 0. The molecule has 2 aromatic carbocycles. The highest BCUT2D eigenvalue weighted by Gasteiger charge is 2.13. The summed E-state index contributed by atoms with van der Waals surface area (Å²) in [6.45, 7) is 8.91. The fourth-order valence-electron chi connectivity index (χ4n) is 2.59. The van der Waals surface area contributed by atoms with Crippen LogP contribution < -0.4 is 10.1 Å². The summed E-state index contributed by atoms with van der Waals surface area (Å²) in [4.78, 5) is 12.4. The van der Waals surface area contributed by atoms with Crippen LogP contribution in [0.3, 0.4) is 0 Å². The van der Waals surface area contributed by atoms with E-state index in [0.29, 0.717) is 12.2 Å². The Labute approximate surface area is 138 Å². The van der Waals surface area contributed by atoms with E-state index in [1.807, 2.05) is 19.1 Å². The molecule has 0 radical (unpaired) electrons. The average Bonchev–Trinajstić information content (AvgIpc) is 2.53. The van der Waals surface area contributed by atoms with Gasteiger partial charge in [0, 0.05) is 5.56 Å². The molecule has 3 nitrogen and oxygen atoms in total. The van der Waals surface area contributed by atoms with Gasteiger partial charge < -0.3 is 10.1 Å². The lowest BCUT2D eigenvalue weighted by Crippen LogP contribution is -2.27. The minimum absolute atomic E-state index is 0.0286. The molecular formula is C20H25NO2. The Hall–Kier alpha value is -2.29. The minimum atomic E-state index is -0.0699. The van der Waals surface area contributed by atoms with Crippen LogP contribution in [0.15, 0.2) is 42.5 Å². The molecule has 0 fully saturated rings. The maximum atomic E-state index is 12.4. The van der Waals surface area contributed by atoms with E-state index in [9.17, 15) is 4.79 Å². The molecule has 2 aromatic rings. The molecule has 2 rings (SSSR count). The summed E-state index contributed by atoms with van der Waals surface area (Å²) in [7, 11) is 0. The number of hydrogen-bond donors (Lipinski definition) is 1. The van der Waals surface area contributed by atoms with Gasteiger partial charge >= 0.3 is 0 Å². The summed E-state index contributed by atoms with van der Waals surface area (Å²) < 4.78 is 5.54. The molecule has 0 bridgehead atoms. The van der Waals surface area contributed by atoms with Gasteiger partial charge in [-0.15, -0.1) is 0 Å². The Bertz CT molecular complexity index is 662. The van der Waals surface area contributed by atoms with Crippen LogP contribution in [0.1, 0.15) is 53.4 Å². The first-order valence-corrected chi connectivity index (χ1v) is 8.12. The predicted molar refractivity (Wildman–Crippen MR) is 94.0 cm³/mol. The summed E-state index contributed by atoms with van der Waals surface area (Å²) in [5.41, 5.74) is 4.21. The highest BCUT2D eigenvalue weighted by atomic mass is 16.5. The van der Waals surface area contributed by atoms with Gasteiger partial charge in [0.05, 0.1) is 12.6 Å². The van der Waals surface area contributed by atoms with E-state index in [0.717, 1.165) is 17.7 Å². The van der Waals surface area contributed by atoms with Crippen molar-refractivity contribution in [3.05, 3.63) is 64.7 Å². The molecule has 0 saturated carbocycles. The Balaban J connectivity index is 2.03. The summed E-state index contributed by atoms with van der Waals surface area (Å²) in [6, 6.07) is 13.5. The molecule has 0 aliphatic heterocycles. The first kappa shape index (κ1) is 17.1. The van der Waals surface area contributed by atoms with Crippen LogP contribution in [0.5, 0.6) is 5.75 Å². The van der Waals surface area contributed by atoms with Crippen LogP contribution >= 0.6 is 0 Å². The minimum Gasteiger partial charge on any atom is -0.494 e. The number of rotatable bonds is 6. The zero-order chi connectivity index (χ0) is 16.8. The Kier molecular flexibility index (Phi) is 5.80. The lowest BCUT2D eigenvalue weighted by molar-refractivity contribution is 0.0940. The Morgan fingerprint density at radius 1 is 1.13 bits per heavy atom. The Morgan fingerprint density at radius 2 is 1.83 bits per heavy atom. The van der Waals surface area contributed by atoms with Crippen molar-refractivity contribution < 1.29 is 9.53 Å². The van der Waals surface area contributed by atoms with Crippen LogP contribution in [0.25, 0.3) is 0 Å². The second-order valence-electron chi connectivity index (χ2n) is 5.93. The van der Waals surface area contributed by atoms with Crippen molar-refractivity contribution in [3.63, 3.8) is 0 Å². The Morgan fingerprint density at radius 3 is 2.43 bits per heavy atom. The molecule has 1 atom stereocenters. The fraction of sp³-hybridized carbons (Fsp3) is 0.350. The third-order valence-electron chi connectivity index (χ3n) is 3.83. The molecule has 0 heterocycles. The molecule has 0 saturated heterocycles. The molecule has 1 amide bonds. The highest BCUT2D eigenvalue weighted by molar-refractivity contribution is 5.94. The summed E-state index contributed by atoms with van der Waals surface area (Å²) in [6.07, 6.45) is 0.968. The second-order valence-corrected chi connectivity index (χ2v) is 5.93. The lowest BCUT2D eigenvalue weighted by Gasteiger charge is -2.17. The van der Waals surface area contributed by atoms with Crippen LogP contribution in [0.2, 0.25) is 0 Å². The smallest absolute Gasteiger partial charge is 0.251 e. The summed E-state index contributed by atoms with van der Waals surface area (Å²) in [5, 5.41) is 3.06. The van der Waals surface area contributed by atoms with E-state index in [4.69, 9.17) is 4.74 Å². The highest BCUT2D eigenvalue weighted by Crippen LogP contribution is 2.19. The fourth-order valence-corrected chi connectivity index (χ4v) is 2.59. The summed E-state index contributed by atoms with van der Waals surface area (Å²) in [5.74, 6) is 0.727. The first-order chi connectivity index (χ1) is 11.0. The molecule has 0 aliphatic rings. The quantitative estimate of drug-likeness (QED) is 0.847. The first-order valence-electron chi connectivity index (χ1n) is 8.12. The average molecular weight is 311 g/mol. The molecule has 0 aromatic heterocycles. The van der Waals surface area contributed by atoms with Gasteiger partial charge in [0.1, 0.15) is 5.75 Å². The topological polar surface area (TPSA) is 38.3 Å². The maximum absolute atomic E-state index is 12.4. The van der Waals surface area contributed by atoms with Crippen molar-refractivity contribution in [1.29, 1.82) is 0 Å². The van der Waals surface area contributed by atoms with Crippen molar-refractivity contribution in [2.45, 2.75) is 40.2 Å². The van der Waals surface area contributed by atoms with Crippen LogP contribution in [0, 0.1) is 13.8 Å². The van der Waals surface area contributed by atoms with E-state index in [-0.39, 0.29) is 11.9 Å². The zero-order valence-corrected chi connectivity index (χ0v) is 14.3. The normalized spacial score (nSPS) is 11.8. The van der Waals surface area contributed by atoms with Gasteiger partial charge in [-0.1, -0.05) is 30.7 Å². The van der Waals surface area contributed by atoms with Crippen LogP contribution in [-0.2, 0) is 0 Å². The predicted octanol–water partition coefficient (Wildman–Crippen LogP) is 4.58. The lowest BCUT2D eigenvalue weighted by atomic mass is 10.00. The molecule has 0 spiro atoms. The van der Waals surface area contributed by atoms with Gasteiger partial charge in [-0.3, -0.25) is 4.79 Å². The van der Waals surface area contributed by atoms with E-state index in [1.165, 1.54) is 11.1 Å². The van der Waals surface area contributed by atoms with Gasteiger partial charge in [0.25, 0.3) is 5.91 Å². The van der Waals surface area contributed by atoms with Crippen molar-refractivity contribution >= 4 is 5.91 Å². The number of hydrogen-bond acceptors (Lipinski definition) is 2. The molecule has 122 valence electrons. The van der Waals surface area contributed by atoms with Crippen molar-refractivity contribution in [1.82, 2.24) is 5.32 Å². The zero-order valence-electron chi connectivity index (χ0n) is 14.3. The van der Waals surface area contributed by atoms with E-state index in [1.54, 1.807) is 12.1 Å². The number of nitrogens with one attached hydrogen (secondary N) is 1. The van der Waals surface area contributed by atoms with Crippen LogP contribution in [0.4, 0.5) is 0 Å². The van der Waals surface area contributed by atoms with Crippen molar-refractivity contribution in [2.24, 2.45) is 0 Å². The van der Waals surface area contributed by atoms with Crippen molar-refractivity contribution in [2.75, 3.05) is 6.61 Å². The number of carbonyl (C=O) groups excluding carboxylic acids is 1. The number of carbonyl (C=O) groups is 1. The van der Waals surface area contributed by atoms with Gasteiger partial charge in [0.15, 0.2) is 0 Å².